The Morgan fingerprint density at radius 3 is 2.14 bits per heavy atom. The predicted molar refractivity (Wildman–Crippen MR) is 168 cm³/mol. The van der Waals surface area contributed by atoms with Crippen molar-refractivity contribution in [3.8, 4) is 46.0 Å². The highest BCUT2D eigenvalue weighted by molar-refractivity contribution is 5.62. The van der Waals surface area contributed by atoms with Crippen LogP contribution in [-0.4, -0.2) is 61.4 Å². The molecule has 44 heavy (non-hydrogen) atoms. The van der Waals surface area contributed by atoms with Crippen LogP contribution in [0.2, 0.25) is 0 Å². The number of hydrogen-bond acceptors (Lipinski definition) is 8. The van der Waals surface area contributed by atoms with Gasteiger partial charge < -0.3 is 29.2 Å². The fraction of sp³-hybridized carbons (Fsp3) is 0.333. The summed E-state index contributed by atoms with van der Waals surface area (Å²) in [4.78, 5) is 4.66. The molecule has 0 saturated heterocycles. The molecule has 0 aromatic heterocycles. The maximum absolute atomic E-state index is 11.4. The van der Waals surface area contributed by atoms with Crippen molar-refractivity contribution < 1.29 is 29.2 Å². The number of methoxy groups -OCH3 is 2. The number of hydrogen-bond donors (Lipinski definition) is 2. The molecule has 0 radical (unpaired) electrons. The van der Waals surface area contributed by atoms with Gasteiger partial charge in [-0.05, 0) is 110 Å². The molecular weight excluding hydrogens is 556 g/mol. The fourth-order valence-electron chi connectivity index (χ4n) is 6.95. The molecule has 4 heterocycles. The minimum atomic E-state index is -0.0569. The summed E-state index contributed by atoms with van der Waals surface area (Å²) in [5.41, 5.74) is 6.40. The fourth-order valence-corrected chi connectivity index (χ4v) is 6.95. The van der Waals surface area contributed by atoms with Crippen molar-refractivity contribution >= 4 is 0 Å². The second-order valence-electron chi connectivity index (χ2n) is 12.1. The lowest BCUT2D eigenvalue weighted by molar-refractivity contribution is 0.224. The number of aromatic hydroxyl groups is 2. The average molecular weight is 595 g/mol. The zero-order valence-electron chi connectivity index (χ0n) is 25.6. The molecule has 4 aromatic rings. The Kier molecular flexibility index (Phi) is 7.26. The summed E-state index contributed by atoms with van der Waals surface area (Å²) in [5, 5.41) is 22.6. The zero-order valence-corrected chi connectivity index (χ0v) is 25.6. The summed E-state index contributed by atoms with van der Waals surface area (Å²) >= 11 is 0. The molecule has 2 N–H and O–H groups in total. The highest BCUT2D eigenvalue weighted by atomic mass is 16.5. The van der Waals surface area contributed by atoms with Gasteiger partial charge >= 0.3 is 0 Å². The van der Waals surface area contributed by atoms with E-state index in [9.17, 15) is 10.2 Å². The highest BCUT2D eigenvalue weighted by Gasteiger charge is 2.33. The van der Waals surface area contributed by atoms with Crippen LogP contribution in [0, 0.1) is 0 Å². The molecular formula is C36H38N2O6. The van der Waals surface area contributed by atoms with E-state index in [2.05, 4.69) is 48.2 Å². The normalized spacial score (nSPS) is 19.6. The van der Waals surface area contributed by atoms with Crippen molar-refractivity contribution in [3.63, 3.8) is 0 Å². The third-order valence-corrected chi connectivity index (χ3v) is 9.48. The summed E-state index contributed by atoms with van der Waals surface area (Å²) in [7, 11) is 7.45. The Bertz CT molecular complexity index is 1720. The van der Waals surface area contributed by atoms with E-state index in [4.69, 9.17) is 18.9 Å². The van der Waals surface area contributed by atoms with Crippen LogP contribution < -0.4 is 18.9 Å². The average Bonchev–Trinajstić information content (AvgIpc) is 3.02. The van der Waals surface area contributed by atoms with Crippen molar-refractivity contribution in [2.75, 3.05) is 41.4 Å². The van der Waals surface area contributed by atoms with Gasteiger partial charge in [-0.15, -0.1) is 0 Å². The highest BCUT2D eigenvalue weighted by Crippen LogP contribution is 2.50. The second-order valence-corrected chi connectivity index (χ2v) is 12.1. The van der Waals surface area contributed by atoms with Gasteiger partial charge in [0.2, 0.25) is 5.75 Å². The lowest BCUT2D eigenvalue weighted by Crippen LogP contribution is -2.34. The Hall–Kier alpha value is -4.40. The molecule has 0 saturated carbocycles. The SMILES string of the molecule is COc1ccc2cc1Oc1ccc(cc1)C[C@H]1c3cc(OC)c(O)c(c3CCN1C)Oc1cc3c(cc1O)CCN(C)[C@@H]3C2. The van der Waals surface area contributed by atoms with Crippen LogP contribution in [0.15, 0.2) is 60.7 Å². The van der Waals surface area contributed by atoms with Crippen molar-refractivity contribution in [2.45, 2.75) is 37.8 Å². The number of phenolic OH excluding ortho intramolecular Hbond substituents is 2. The summed E-state index contributed by atoms with van der Waals surface area (Å²) in [6.07, 6.45) is 2.97. The van der Waals surface area contributed by atoms with E-state index in [-0.39, 0.29) is 23.6 Å². The van der Waals surface area contributed by atoms with Crippen LogP contribution in [0.1, 0.15) is 45.5 Å². The molecule has 0 fully saturated rings. The van der Waals surface area contributed by atoms with Gasteiger partial charge in [0.1, 0.15) is 5.75 Å². The number of likely N-dealkylation sites (N-methyl/N-ethyl adjacent to an activating group) is 2. The van der Waals surface area contributed by atoms with E-state index in [0.29, 0.717) is 35.2 Å². The number of phenols is 2. The minimum Gasteiger partial charge on any atom is -0.504 e. The van der Waals surface area contributed by atoms with Crippen LogP contribution in [0.5, 0.6) is 46.0 Å². The molecule has 4 aliphatic heterocycles. The molecule has 0 spiro atoms. The lowest BCUT2D eigenvalue weighted by atomic mass is 9.87. The van der Waals surface area contributed by atoms with Crippen LogP contribution in [0.3, 0.4) is 0 Å². The number of rotatable bonds is 2. The lowest BCUT2D eigenvalue weighted by Gasteiger charge is -2.36. The standard InChI is InChI=1S/C36H38N2O6/c1-37-13-11-23-18-30(39)32-19-26(23)28(37)16-22-7-10-31(41-3)33(17-22)43-24-8-5-21(6-9-24)15-29-27-20-34(42-4)35(40)36(44-32)25(27)12-14-38(29)2/h5-10,17-20,28-29,39-40H,11-16H2,1-4H3/t28-,29+/m1/s1. The topological polar surface area (TPSA) is 83.9 Å². The number of nitrogens with zero attached hydrogens (tertiary/aromatic N) is 2. The number of benzene rings is 4. The Morgan fingerprint density at radius 2 is 1.39 bits per heavy atom. The first-order chi connectivity index (χ1) is 21.3. The smallest absolute Gasteiger partial charge is 0.201 e. The third kappa shape index (κ3) is 4.98. The zero-order chi connectivity index (χ0) is 30.5. The molecule has 4 aliphatic rings. The van der Waals surface area contributed by atoms with Crippen molar-refractivity contribution in [2.24, 2.45) is 0 Å². The molecule has 0 unspecified atom stereocenters. The summed E-state index contributed by atoms with van der Waals surface area (Å²) in [5.74, 6) is 3.08. The first kappa shape index (κ1) is 28.4. The van der Waals surface area contributed by atoms with Gasteiger partial charge in [-0.2, -0.15) is 0 Å². The maximum atomic E-state index is 11.4. The van der Waals surface area contributed by atoms with Gasteiger partial charge in [-0.1, -0.05) is 18.2 Å². The summed E-state index contributed by atoms with van der Waals surface area (Å²) in [6, 6.07) is 20.0. The van der Waals surface area contributed by atoms with Crippen LogP contribution in [-0.2, 0) is 25.7 Å². The van der Waals surface area contributed by atoms with Crippen LogP contribution in [0.25, 0.3) is 0 Å². The van der Waals surface area contributed by atoms with Crippen molar-refractivity contribution in [1.82, 2.24) is 9.80 Å². The van der Waals surface area contributed by atoms with Gasteiger partial charge in [0.15, 0.2) is 34.5 Å². The monoisotopic (exact) mass is 594 g/mol. The quantitative estimate of drug-likeness (QED) is 0.270. The minimum absolute atomic E-state index is 0.0244. The van der Waals surface area contributed by atoms with E-state index in [1.54, 1.807) is 14.2 Å². The first-order valence-corrected chi connectivity index (χ1v) is 15.1. The van der Waals surface area contributed by atoms with Gasteiger partial charge in [0.25, 0.3) is 0 Å². The van der Waals surface area contributed by atoms with E-state index in [1.807, 2.05) is 36.4 Å². The largest absolute Gasteiger partial charge is 0.504 e. The molecule has 8 rings (SSSR count). The van der Waals surface area contributed by atoms with E-state index in [1.165, 1.54) is 0 Å². The Morgan fingerprint density at radius 1 is 0.705 bits per heavy atom. The van der Waals surface area contributed by atoms with E-state index >= 15 is 0 Å². The van der Waals surface area contributed by atoms with Gasteiger partial charge in [0.05, 0.1) is 14.2 Å². The molecule has 8 nitrogen and oxygen atoms in total. The first-order valence-electron chi connectivity index (χ1n) is 15.1. The van der Waals surface area contributed by atoms with Crippen molar-refractivity contribution in [1.29, 1.82) is 0 Å². The molecule has 228 valence electrons. The molecule has 4 aromatic carbocycles. The molecule has 0 amide bonds. The molecule has 0 aliphatic carbocycles. The number of ether oxygens (including phenoxy) is 4. The molecule has 2 atom stereocenters. The molecule has 8 heteroatoms. The van der Waals surface area contributed by atoms with E-state index in [0.717, 1.165) is 71.5 Å². The molecule has 10 bridgehead atoms. The Balaban J connectivity index is 1.43. The summed E-state index contributed by atoms with van der Waals surface area (Å²) in [6.45, 7) is 1.65. The predicted octanol–water partition coefficient (Wildman–Crippen LogP) is 6.56. The second kappa shape index (κ2) is 11.3. The van der Waals surface area contributed by atoms with Crippen molar-refractivity contribution in [3.05, 3.63) is 94.0 Å². The maximum Gasteiger partial charge on any atom is 0.201 e. The van der Waals surface area contributed by atoms with Gasteiger partial charge in [-0.25, -0.2) is 0 Å². The third-order valence-electron chi connectivity index (χ3n) is 9.48. The van der Waals surface area contributed by atoms with Gasteiger partial charge in [0, 0.05) is 30.7 Å². The van der Waals surface area contributed by atoms with Gasteiger partial charge in [-0.3, -0.25) is 9.80 Å². The van der Waals surface area contributed by atoms with E-state index < -0.39 is 0 Å². The van der Waals surface area contributed by atoms with Crippen LogP contribution in [0.4, 0.5) is 0 Å². The number of fused-ring (bicyclic) bond motifs is 2. The van der Waals surface area contributed by atoms with Crippen LogP contribution >= 0.6 is 0 Å². The Labute approximate surface area is 258 Å². The summed E-state index contributed by atoms with van der Waals surface area (Å²) < 4.78 is 24.2.